The number of ether oxygens (including phenoxy) is 1. The van der Waals surface area contributed by atoms with Crippen molar-refractivity contribution in [2.45, 2.75) is 26.3 Å². The van der Waals surface area contributed by atoms with Crippen LogP contribution in [-0.2, 0) is 16.1 Å². The summed E-state index contributed by atoms with van der Waals surface area (Å²) < 4.78 is 18.1. The fourth-order valence-corrected chi connectivity index (χ4v) is 3.67. The molecule has 1 atom stereocenters. The van der Waals surface area contributed by atoms with E-state index in [-0.39, 0.29) is 34.8 Å². The molecule has 2 aromatic carbocycles. The first-order valence-corrected chi connectivity index (χ1v) is 10.1. The molecule has 0 aromatic heterocycles. The summed E-state index contributed by atoms with van der Waals surface area (Å²) in [5.74, 6) is -1.02. The minimum atomic E-state index is -0.517. The lowest BCUT2D eigenvalue weighted by molar-refractivity contribution is -0.121. The van der Waals surface area contributed by atoms with Gasteiger partial charge in [-0.2, -0.15) is 0 Å². The molecule has 29 heavy (non-hydrogen) atoms. The Bertz CT molecular complexity index is 873. The second kappa shape index (κ2) is 9.85. The van der Waals surface area contributed by atoms with Gasteiger partial charge in [0.25, 0.3) is 0 Å². The van der Waals surface area contributed by atoms with Crippen LogP contribution in [0.3, 0.4) is 0 Å². The predicted octanol–water partition coefficient (Wildman–Crippen LogP) is 4.51. The zero-order valence-electron chi connectivity index (χ0n) is 16.3. The highest BCUT2D eigenvalue weighted by atomic mass is 35.5. The van der Waals surface area contributed by atoms with E-state index in [1.165, 1.54) is 18.2 Å². The number of halogens is 2. The quantitative estimate of drug-likeness (QED) is 0.701. The van der Waals surface area contributed by atoms with Crippen molar-refractivity contribution >= 4 is 29.2 Å². The van der Waals surface area contributed by atoms with Crippen molar-refractivity contribution in [3.63, 3.8) is 0 Å². The Kier molecular flexibility index (Phi) is 7.23. The molecule has 1 aliphatic rings. The number of hydrogen-bond acceptors (Lipinski definition) is 4. The van der Waals surface area contributed by atoms with Crippen molar-refractivity contribution in [3.8, 4) is 0 Å². The Morgan fingerprint density at radius 3 is 2.72 bits per heavy atom. The second-order valence-corrected chi connectivity index (χ2v) is 7.51. The van der Waals surface area contributed by atoms with Gasteiger partial charge in [0.2, 0.25) is 5.91 Å². The van der Waals surface area contributed by atoms with Gasteiger partial charge in [-0.25, -0.2) is 9.18 Å². The molecule has 5 nitrogen and oxygen atoms in total. The Morgan fingerprint density at radius 1 is 1.24 bits per heavy atom. The molecule has 2 aromatic rings. The van der Waals surface area contributed by atoms with Crippen molar-refractivity contribution in [2.24, 2.45) is 5.92 Å². The van der Waals surface area contributed by atoms with E-state index in [9.17, 15) is 14.0 Å². The first-order valence-electron chi connectivity index (χ1n) is 9.70. The standard InChI is InChI=1S/C22H24ClFN2O3/c1-2-29-22(28)19-12-18(9-10-20(19)23)25-21(27)16-4-3-11-26(14-16)13-15-5-7-17(24)8-6-15/h5-10,12,16H,2-4,11,13-14H2,1H3,(H,25,27)/t16-/m0/s1. The van der Waals surface area contributed by atoms with Gasteiger partial charge in [-0.3, -0.25) is 9.69 Å². The highest BCUT2D eigenvalue weighted by Gasteiger charge is 2.26. The van der Waals surface area contributed by atoms with Crippen LogP contribution in [0, 0.1) is 11.7 Å². The van der Waals surface area contributed by atoms with Crippen LogP contribution >= 0.6 is 11.6 Å². The molecular formula is C22H24ClFN2O3. The summed E-state index contributed by atoms with van der Waals surface area (Å²) >= 11 is 6.07. The van der Waals surface area contributed by atoms with E-state index in [0.717, 1.165) is 24.9 Å². The number of esters is 1. The van der Waals surface area contributed by atoms with E-state index in [0.29, 0.717) is 18.8 Å². The molecule has 1 N–H and O–H groups in total. The van der Waals surface area contributed by atoms with Gasteiger partial charge in [0.15, 0.2) is 0 Å². The Morgan fingerprint density at radius 2 is 2.00 bits per heavy atom. The summed E-state index contributed by atoms with van der Waals surface area (Å²) in [6, 6.07) is 11.2. The summed E-state index contributed by atoms with van der Waals surface area (Å²) in [5.41, 5.74) is 1.76. The van der Waals surface area contributed by atoms with Crippen LogP contribution in [0.4, 0.5) is 10.1 Å². The third-order valence-electron chi connectivity index (χ3n) is 4.92. The molecule has 154 valence electrons. The normalized spacial score (nSPS) is 17.0. The van der Waals surface area contributed by atoms with Crippen LogP contribution in [0.2, 0.25) is 5.02 Å². The van der Waals surface area contributed by atoms with Crippen molar-refractivity contribution in [1.29, 1.82) is 0 Å². The van der Waals surface area contributed by atoms with E-state index >= 15 is 0 Å². The maximum atomic E-state index is 13.1. The Labute approximate surface area is 174 Å². The number of carbonyl (C=O) groups is 2. The van der Waals surface area contributed by atoms with Gasteiger partial charge in [-0.15, -0.1) is 0 Å². The first-order chi connectivity index (χ1) is 14.0. The predicted molar refractivity (Wildman–Crippen MR) is 110 cm³/mol. The molecule has 1 amide bonds. The van der Waals surface area contributed by atoms with E-state index in [1.54, 1.807) is 31.2 Å². The Hall–Kier alpha value is -2.44. The number of nitrogens with one attached hydrogen (secondary N) is 1. The molecule has 0 aliphatic carbocycles. The van der Waals surface area contributed by atoms with Crippen LogP contribution in [0.1, 0.15) is 35.7 Å². The summed E-state index contributed by atoms with van der Waals surface area (Å²) in [5, 5.41) is 3.17. The number of anilines is 1. The number of carbonyl (C=O) groups excluding carboxylic acids is 2. The molecule has 0 unspecified atom stereocenters. The van der Waals surface area contributed by atoms with Gasteiger partial charge in [-0.05, 0) is 62.2 Å². The first kappa shape index (κ1) is 21.3. The summed E-state index contributed by atoms with van der Waals surface area (Å²) in [6.07, 6.45) is 1.71. The molecule has 0 bridgehead atoms. The van der Waals surface area contributed by atoms with E-state index in [4.69, 9.17) is 16.3 Å². The van der Waals surface area contributed by atoms with Gasteiger partial charge in [-0.1, -0.05) is 23.7 Å². The van der Waals surface area contributed by atoms with Gasteiger partial charge >= 0.3 is 5.97 Å². The third-order valence-corrected chi connectivity index (χ3v) is 5.25. The van der Waals surface area contributed by atoms with Crippen molar-refractivity contribution in [3.05, 3.63) is 64.4 Å². The molecule has 1 saturated heterocycles. The van der Waals surface area contributed by atoms with Crippen LogP contribution in [0.25, 0.3) is 0 Å². The molecule has 7 heteroatoms. The van der Waals surface area contributed by atoms with Gasteiger partial charge < -0.3 is 10.1 Å². The highest BCUT2D eigenvalue weighted by Crippen LogP contribution is 2.24. The van der Waals surface area contributed by atoms with Crippen LogP contribution in [0.15, 0.2) is 42.5 Å². The zero-order valence-corrected chi connectivity index (χ0v) is 17.0. The molecule has 0 saturated carbocycles. The lowest BCUT2D eigenvalue weighted by Crippen LogP contribution is -2.40. The summed E-state index contributed by atoms with van der Waals surface area (Å²) in [6.45, 7) is 4.17. The fraction of sp³-hybridized carbons (Fsp3) is 0.364. The minimum Gasteiger partial charge on any atom is -0.462 e. The van der Waals surface area contributed by atoms with Crippen LogP contribution in [0.5, 0.6) is 0 Å². The van der Waals surface area contributed by atoms with Crippen LogP contribution in [-0.4, -0.2) is 36.5 Å². The number of nitrogens with zero attached hydrogens (tertiary/aromatic N) is 1. The number of hydrogen-bond donors (Lipinski definition) is 1. The lowest BCUT2D eigenvalue weighted by atomic mass is 9.96. The number of benzene rings is 2. The maximum absolute atomic E-state index is 13.1. The molecule has 1 fully saturated rings. The summed E-state index contributed by atoms with van der Waals surface area (Å²) in [7, 11) is 0. The van der Waals surface area contributed by atoms with Crippen molar-refractivity contribution < 1.29 is 18.7 Å². The molecule has 0 spiro atoms. The molecule has 3 rings (SSSR count). The SMILES string of the molecule is CCOC(=O)c1cc(NC(=O)[C@H]2CCCN(Cc3ccc(F)cc3)C2)ccc1Cl. The smallest absolute Gasteiger partial charge is 0.339 e. The zero-order chi connectivity index (χ0) is 20.8. The topological polar surface area (TPSA) is 58.6 Å². The third kappa shape index (κ3) is 5.78. The Balaban J connectivity index is 1.62. The molecule has 1 heterocycles. The average molecular weight is 419 g/mol. The fourth-order valence-electron chi connectivity index (χ4n) is 3.47. The number of piperidine rings is 1. The minimum absolute atomic E-state index is 0.0917. The van der Waals surface area contributed by atoms with Crippen LogP contribution < -0.4 is 5.32 Å². The molecular weight excluding hydrogens is 395 g/mol. The average Bonchev–Trinajstić information content (AvgIpc) is 2.71. The molecule has 1 aliphatic heterocycles. The lowest BCUT2D eigenvalue weighted by Gasteiger charge is -2.32. The van der Waals surface area contributed by atoms with Gasteiger partial charge in [0.1, 0.15) is 5.82 Å². The van der Waals surface area contributed by atoms with Gasteiger partial charge in [0.05, 0.1) is 23.1 Å². The maximum Gasteiger partial charge on any atom is 0.339 e. The highest BCUT2D eigenvalue weighted by molar-refractivity contribution is 6.33. The largest absolute Gasteiger partial charge is 0.462 e. The van der Waals surface area contributed by atoms with E-state index < -0.39 is 5.97 Å². The van der Waals surface area contributed by atoms with Gasteiger partial charge in [0, 0.05) is 18.8 Å². The van der Waals surface area contributed by atoms with Crippen molar-refractivity contribution in [2.75, 3.05) is 25.0 Å². The monoisotopic (exact) mass is 418 g/mol. The van der Waals surface area contributed by atoms with E-state index in [1.807, 2.05) is 0 Å². The summed E-state index contributed by atoms with van der Waals surface area (Å²) in [4.78, 5) is 27.0. The number of rotatable bonds is 6. The van der Waals surface area contributed by atoms with E-state index in [2.05, 4.69) is 10.2 Å². The number of amides is 1. The second-order valence-electron chi connectivity index (χ2n) is 7.11. The molecule has 0 radical (unpaired) electrons. The number of likely N-dealkylation sites (tertiary alicyclic amines) is 1. The van der Waals surface area contributed by atoms with Crippen molar-refractivity contribution in [1.82, 2.24) is 4.90 Å².